The van der Waals surface area contributed by atoms with Gasteiger partial charge in [0.2, 0.25) is 15.9 Å². The third kappa shape index (κ3) is 4.80. The van der Waals surface area contributed by atoms with Gasteiger partial charge in [-0.1, -0.05) is 18.2 Å². The molecule has 2 heterocycles. The van der Waals surface area contributed by atoms with Crippen molar-refractivity contribution in [3.05, 3.63) is 90.4 Å². The number of fused-ring (bicyclic) bond motifs is 1. The minimum Gasteiger partial charge on any atom is -0.494 e. The van der Waals surface area contributed by atoms with E-state index in [0.29, 0.717) is 24.5 Å². The molecule has 0 aliphatic carbocycles. The van der Waals surface area contributed by atoms with Gasteiger partial charge in [0.1, 0.15) is 17.6 Å². The molecule has 0 spiro atoms. The first-order valence-electron chi connectivity index (χ1n) is 12.2. The number of amides is 2. The van der Waals surface area contributed by atoms with Crippen LogP contribution >= 0.6 is 0 Å². The maximum Gasteiger partial charge on any atom is 0.252 e. The highest BCUT2D eigenvalue weighted by atomic mass is 32.2. The molecule has 4 aromatic rings. The number of H-pyrrole nitrogens is 1. The first-order valence-corrected chi connectivity index (χ1v) is 13.7. The molecule has 3 aromatic carbocycles. The van der Waals surface area contributed by atoms with Crippen LogP contribution in [0.2, 0.25) is 0 Å². The number of nitrogens with one attached hydrogen (secondary N) is 1. The van der Waals surface area contributed by atoms with E-state index in [4.69, 9.17) is 4.74 Å². The van der Waals surface area contributed by atoms with E-state index in [2.05, 4.69) is 4.98 Å². The number of para-hydroxylation sites is 1. The van der Waals surface area contributed by atoms with Crippen LogP contribution in [0.25, 0.3) is 10.9 Å². The third-order valence-electron chi connectivity index (χ3n) is 6.57. The van der Waals surface area contributed by atoms with Gasteiger partial charge in [0.05, 0.1) is 23.6 Å². The van der Waals surface area contributed by atoms with Crippen molar-refractivity contribution in [3.8, 4) is 5.75 Å². The molecule has 1 aliphatic rings. The second-order valence-electron chi connectivity index (χ2n) is 8.89. The summed E-state index contributed by atoms with van der Waals surface area (Å²) in [5.74, 6) is -1.13. The number of imide groups is 1. The Morgan fingerprint density at radius 1 is 1.03 bits per heavy atom. The molecule has 0 radical (unpaired) electrons. The van der Waals surface area contributed by atoms with Crippen LogP contribution in [0, 0.1) is 5.82 Å². The molecule has 5 rings (SSSR count). The summed E-state index contributed by atoms with van der Waals surface area (Å²) in [6.07, 6.45) is 1.80. The number of rotatable bonds is 9. The van der Waals surface area contributed by atoms with Crippen LogP contribution in [-0.4, -0.2) is 48.7 Å². The van der Waals surface area contributed by atoms with Crippen LogP contribution in [0.3, 0.4) is 0 Å². The summed E-state index contributed by atoms with van der Waals surface area (Å²) in [6, 6.07) is 17.3. The highest BCUT2D eigenvalue weighted by Gasteiger charge is 2.46. The van der Waals surface area contributed by atoms with E-state index in [9.17, 15) is 22.4 Å². The summed E-state index contributed by atoms with van der Waals surface area (Å²) < 4.78 is 47.6. The van der Waals surface area contributed by atoms with E-state index in [1.54, 1.807) is 30.5 Å². The molecular formula is C28H26FN3O5S. The van der Waals surface area contributed by atoms with Crippen LogP contribution in [0.1, 0.15) is 18.9 Å². The largest absolute Gasteiger partial charge is 0.494 e. The van der Waals surface area contributed by atoms with Gasteiger partial charge in [0, 0.05) is 23.6 Å². The Bertz CT molecular complexity index is 1580. The van der Waals surface area contributed by atoms with E-state index >= 15 is 0 Å². The Morgan fingerprint density at radius 3 is 2.45 bits per heavy atom. The summed E-state index contributed by atoms with van der Waals surface area (Å²) in [5, 5.41) is 0.941. The Hall–Kier alpha value is -4.02. The van der Waals surface area contributed by atoms with Crippen molar-refractivity contribution in [2.75, 3.05) is 18.1 Å². The topological polar surface area (TPSA) is 99.8 Å². The molecule has 1 saturated heterocycles. The van der Waals surface area contributed by atoms with Crippen LogP contribution in [-0.2, 0) is 26.0 Å². The van der Waals surface area contributed by atoms with Crippen molar-refractivity contribution in [2.24, 2.45) is 0 Å². The molecule has 1 unspecified atom stereocenters. The Labute approximate surface area is 219 Å². The number of sulfonamides is 1. The molecule has 0 bridgehead atoms. The summed E-state index contributed by atoms with van der Waals surface area (Å²) in [7, 11) is -4.25. The van der Waals surface area contributed by atoms with Crippen molar-refractivity contribution in [2.45, 2.75) is 30.7 Å². The molecule has 8 nitrogen and oxygen atoms in total. The number of benzene rings is 3. The minimum absolute atomic E-state index is 0.0532. The van der Waals surface area contributed by atoms with E-state index < -0.39 is 33.7 Å². The van der Waals surface area contributed by atoms with Crippen molar-refractivity contribution in [1.82, 2.24) is 9.29 Å². The molecular weight excluding hydrogens is 509 g/mol. The molecule has 0 saturated carbocycles. The first-order chi connectivity index (χ1) is 18.3. The van der Waals surface area contributed by atoms with Crippen molar-refractivity contribution in [1.29, 1.82) is 0 Å². The molecule has 1 N–H and O–H groups in total. The zero-order valence-corrected chi connectivity index (χ0v) is 21.4. The third-order valence-corrected chi connectivity index (χ3v) is 8.50. The molecule has 196 valence electrons. The average molecular weight is 536 g/mol. The number of aromatic nitrogens is 1. The highest BCUT2D eigenvalue weighted by molar-refractivity contribution is 7.89. The maximum atomic E-state index is 13.8. The fourth-order valence-corrected chi connectivity index (χ4v) is 6.31. The van der Waals surface area contributed by atoms with Gasteiger partial charge in [0.25, 0.3) is 5.91 Å². The number of nitrogens with zero attached hydrogens (tertiary/aromatic N) is 2. The molecule has 2 amide bonds. The van der Waals surface area contributed by atoms with Gasteiger partial charge >= 0.3 is 0 Å². The van der Waals surface area contributed by atoms with Gasteiger partial charge in [-0.15, -0.1) is 0 Å². The average Bonchev–Trinajstić information content (AvgIpc) is 3.45. The number of anilines is 1. The van der Waals surface area contributed by atoms with Gasteiger partial charge in [-0.3, -0.25) is 9.59 Å². The highest BCUT2D eigenvalue weighted by Crippen LogP contribution is 2.31. The summed E-state index contributed by atoms with van der Waals surface area (Å²) in [5.41, 5.74) is 2.12. The van der Waals surface area contributed by atoms with Crippen LogP contribution in [0.4, 0.5) is 10.1 Å². The second-order valence-corrected chi connectivity index (χ2v) is 10.8. The van der Waals surface area contributed by atoms with Crippen molar-refractivity contribution < 1.29 is 27.1 Å². The molecule has 1 atom stereocenters. The van der Waals surface area contributed by atoms with Crippen molar-refractivity contribution >= 4 is 38.4 Å². The van der Waals surface area contributed by atoms with E-state index in [1.165, 1.54) is 0 Å². The van der Waals surface area contributed by atoms with E-state index in [0.717, 1.165) is 49.9 Å². The maximum absolute atomic E-state index is 13.8. The quantitative estimate of drug-likeness (QED) is 0.323. The molecule has 1 fully saturated rings. The lowest BCUT2D eigenvalue weighted by atomic mass is 10.1. The number of carbonyl (C=O) groups excluding carboxylic acids is 2. The predicted molar refractivity (Wildman–Crippen MR) is 141 cm³/mol. The fourth-order valence-electron chi connectivity index (χ4n) is 4.72. The van der Waals surface area contributed by atoms with E-state index in [-0.39, 0.29) is 17.9 Å². The molecule has 10 heteroatoms. The number of hydrogen-bond acceptors (Lipinski definition) is 5. The van der Waals surface area contributed by atoms with Gasteiger partial charge in [-0.05, 0) is 73.5 Å². The van der Waals surface area contributed by atoms with Crippen LogP contribution in [0.5, 0.6) is 5.75 Å². The number of carbonyl (C=O) groups is 2. The number of ether oxygens (including phenoxy) is 1. The zero-order chi connectivity index (χ0) is 26.9. The Balaban J connectivity index is 1.48. The summed E-state index contributed by atoms with van der Waals surface area (Å²) in [6.45, 7) is 2.26. The van der Waals surface area contributed by atoms with Gasteiger partial charge in [0.15, 0.2) is 0 Å². The number of halogens is 1. The summed E-state index contributed by atoms with van der Waals surface area (Å²) in [4.78, 5) is 30.6. The molecule has 1 aliphatic heterocycles. The van der Waals surface area contributed by atoms with Crippen LogP contribution in [0.15, 0.2) is 83.9 Å². The lowest BCUT2D eigenvalue weighted by Gasteiger charge is -2.27. The van der Waals surface area contributed by atoms with E-state index in [1.807, 2.05) is 31.2 Å². The normalized spacial score (nSPS) is 16.1. The molecule has 1 aromatic heterocycles. The van der Waals surface area contributed by atoms with Crippen LogP contribution < -0.4 is 9.64 Å². The fraction of sp³-hybridized carbons (Fsp3) is 0.214. The Morgan fingerprint density at radius 2 is 1.74 bits per heavy atom. The van der Waals surface area contributed by atoms with Gasteiger partial charge < -0.3 is 9.72 Å². The molecule has 38 heavy (non-hydrogen) atoms. The van der Waals surface area contributed by atoms with Crippen molar-refractivity contribution in [3.63, 3.8) is 0 Å². The lowest BCUT2D eigenvalue weighted by molar-refractivity contribution is -0.122. The second kappa shape index (κ2) is 10.4. The number of aromatic amines is 1. The minimum atomic E-state index is -4.25. The smallest absolute Gasteiger partial charge is 0.252 e. The monoisotopic (exact) mass is 535 g/mol. The SMILES string of the molecule is CCOc1ccc(N2C(=O)CC(N(CCc3c[nH]c4ccccc34)S(=O)(=O)c3ccc(F)cc3)C2=O)cc1. The van der Waals surface area contributed by atoms with Gasteiger partial charge in [-0.25, -0.2) is 17.7 Å². The first kappa shape index (κ1) is 25.6. The summed E-state index contributed by atoms with van der Waals surface area (Å²) >= 11 is 0. The zero-order valence-electron chi connectivity index (χ0n) is 20.6. The standard InChI is InChI=1S/C28H26FN3O5S/c1-2-37-22-11-9-21(10-12-22)32-27(33)17-26(28(32)34)31(38(35,36)23-13-7-20(29)8-14-23)16-15-19-18-30-25-6-4-3-5-24(19)25/h3-14,18,26,30H,2,15-17H2,1H3. The Kier molecular flexibility index (Phi) is 7.00. The lowest BCUT2D eigenvalue weighted by Crippen LogP contribution is -2.46. The van der Waals surface area contributed by atoms with Gasteiger partial charge in [-0.2, -0.15) is 4.31 Å². The number of hydrogen-bond donors (Lipinski definition) is 1. The predicted octanol–water partition coefficient (Wildman–Crippen LogP) is 4.27.